The smallest absolute Gasteiger partial charge is 0.399 e. The van der Waals surface area contributed by atoms with Crippen molar-refractivity contribution in [1.82, 2.24) is 0 Å². The number of amides is 1. The molecule has 1 saturated heterocycles. The Bertz CT molecular complexity index is 669. The number of anilines is 1. The highest BCUT2D eigenvalue weighted by molar-refractivity contribution is 8.13. The molecule has 0 aliphatic carbocycles. The molecule has 0 aromatic heterocycles. The zero-order chi connectivity index (χ0) is 16.6. The van der Waals surface area contributed by atoms with Crippen LogP contribution in [0.15, 0.2) is 23.2 Å². The van der Waals surface area contributed by atoms with Gasteiger partial charge in [0, 0.05) is 22.9 Å². The van der Waals surface area contributed by atoms with Crippen LogP contribution in [-0.2, 0) is 15.0 Å². The second-order valence-corrected chi connectivity index (χ2v) is 6.80. The fourth-order valence-electron chi connectivity index (χ4n) is 3.12. The monoisotopic (exact) mass is 339 g/mol. The van der Waals surface area contributed by atoms with Crippen LogP contribution >= 0.6 is 11.8 Å². The van der Waals surface area contributed by atoms with Gasteiger partial charge in [-0.25, -0.2) is 14.2 Å². The van der Waals surface area contributed by atoms with Gasteiger partial charge in [-0.1, -0.05) is 11.8 Å². The number of nitrogens with zero attached hydrogens (tertiary/aromatic N) is 1. The molecular formula is C15H18FN3O3S. The molecule has 4 N–H and O–H groups in total. The zero-order valence-electron chi connectivity index (χ0n) is 12.6. The van der Waals surface area contributed by atoms with Crippen molar-refractivity contribution in [2.75, 3.05) is 18.1 Å². The molecule has 0 spiro atoms. The molecule has 1 fully saturated rings. The Balaban J connectivity index is 2.10. The van der Waals surface area contributed by atoms with Crippen LogP contribution in [0.5, 0.6) is 0 Å². The van der Waals surface area contributed by atoms with Crippen molar-refractivity contribution in [3.8, 4) is 0 Å². The molecule has 124 valence electrons. The van der Waals surface area contributed by atoms with Crippen LogP contribution in [0, 0.1) is 11.7 Å². The standard InChI is InChI=1S/C15H18FN3O3S/c1-8-4-9-6-23-14(22-13(18)20)19-15(9,7-21-8)11-5-10(17)2-3-12(11)16/h2-3,5,8-9H,4,6-7,17H2,1H3,(H2,18,20)/t8-,9-,15-/m0/s1. The Morgan fingerprint density at radius 1 is 1.57 bits per heavy atom. The van der Waals surface area contributed by atoms with Crippen molar-refractivity contribution in [3.63, 3.8) is 0 Å². The molecule has 3 rings (SSSR count). The highest BCUT2D eigenvalue weighted by Crippen LogP contribution is 2.47. The Labute approximate surface area is 137 Å². The number of halogens is 1. The number of aliphatic imine (C=N–C) groups is 1. The lowest BCUT2D eigenvalue weighted by Gasteiger charge is -2.45. The molecule has 8 heteroatoms. The minimum Gasteiger partial charge on any atom is -0.399 e. The maximum atomic E-state index is 14.5. The molecule has 0 saturated carbocycles. The summed E-state index contributed by atoms with van der Waals surface area (Å²) in [6, 6.07) is 4.39. The van der Waals surface area contributed by atoms with Crippen molar-refractivity contribution in [3.05, 3.63) is 29.6 Å². The molecule has 3 atom stereocenters. The fourth-order valence-corrected chi connectivity index (χ4v) is 4.24. The molecule has 1 amide bonds. The molecule has 6 nitrogen and oxygen atoms in total. The van der Waals surface area contributed by atoms with E-state index >= 15 is 0 Å². The summed E-state index contributed by atoms with van der Waals surface area (Å²) in [5.41, 5.74) is 10.7. The third kappa shape index (κ3) is 3.00. The van der Waals surface area contributed by atoms with Crippen LogP contribution in [0.4, 0.5) is 14.9 Å². The van der Waals surface area contributed by atoms with Crippen molar-refractivity contribution < 1.29 is 18.7 Å². The van der Waals surface area contributed by atoms with E-state index < -0.39 is 17.4 Å². The number of nitrogen functional groups attached to an aromatic ring is 1. The number of nitrogens with two attached hydrogens (primary N) is 2. The van der Waals surface area contributed by atoms with Crippen molar-refractivity contribution >= 4 is 28.8 Å². The topological polar surface area (TPSA) is 99.9 Å². The van der Waals surface area contributed by atoms with Crippen LogP contribution in [0.3, 0.4) is 0 Å². The maximum absolute atomic E-state index is 14.5. The number of thioether (sulfide) groups is 1. The molecule has 23 heavy (non-hydrogen) atoms. The van der Waals surface area contributed by atoms with Gasteiger partial charge >= 0.3 is 6.09 Å². The summed E-state index contributed by atoms with van der Waals surface area (Å²) in [5.74, 6) is 0.276. The third-order valence-electron chi connectivity index (χ3n) is 4.22. The van der Waals surface area contributed by atoms with Crippen molar-refractivity contribution in [2.45, 2.75) is 25.0 Å². The number of carbonyl (C=O) groups excluding carboxylic acids is 1. The normalized spacial score (nSPS) is 30.3. The van der Waals surface area contributed by atoms with Gasteiger partial charge in [0.15, 0.2) is 0 Å². The summed E-state index contributed by atoms with van der Waals surface area (Å²) in [6.07, 6.45) is -0.149. The zero-order valence-corrected chi connectivity index (χ0v) is 13.4. The summed E-state index contributed by atoms with van der Waals surface area (Å²) in [5, 5.41) is 0.133. The number of rotatable bonds is 1. The van der Waals surface area contributed by atoms with E-state index in [-0.39, 0.29) is 23.9 Å². The number of hydrogen-bond acceptors (Lipinski definition) is 6. The van der Waals surface area contributed by atoms with E-state index in [4.69, 9.17) is 20.9 Å². The van der Waals surface area contributed by atoms with Crippen LogP contribution < -0.4 is 11.5 Å². The predicted octanol–water partition coefficient (Wildman–Crippen LogP) is 2.23. The number of ether oxygens (including phenoxy) is 2. The Morgan fingerprint density at radius 3 is 3.09 bits per heavy atom. The highest BCUT2D eigenvalue weighted by Gasteiger charge is 2.49. The largest absolute Gasteiger partial charge is 0.411 e. The number of fused-ring (bicyclic) bond motifs is 1. The van der Waals surface area contributed by atoms with E-state index in [1.54, 1.807) is 6.07 Å². The van der Waals surface area contributed by atoms with Gasteiger partial charge in [-0.15, -0.1) is 0 Å². The van der Waals surface area contributed by atoms with E-state index in [0.29, 0.717) is 17.0 Å². The van der Waals surface area contributed by atoms with Gasteiger partial charge in [0.1, 0.15) is 11.4 Å². The third-order valence-corrected chi connectivity index (χ3v) is 5.21. The summed E-state index contributed by atoms with van der Waals surface area (Å²) >= 11 is 1.30. The van der Waals surface area contributed by atoms with E-state index in [1.165, 1.54) is 23.9 Å². The summed E-state index contributed by atoms with van der Waals surface area (Å²) < 4.78 is 25.2. The van der Waals surface area contributed by atoms with Gasteiger partial charge in [-0.2, -0.15) is 0 Å². The number of carbonyl (C=O) groups is 1. The van der Waals surface area contributed by atoms with Crippen LogP contribution in [0.1, 0.15) is 18.9 Å². The van der Waals surface area contributed by atoms with Gasteiger partial charge in [0.25, 0.3) is 5.23 Å². The van der Waals surface area contributed by atoms with Gasteiger partial charge in [-0.05, 0) is 31.5 Å². The quantitative estimate of drug-likeness (QED) is 0.764. The molecule has 0 unspecified atom stereocenters. The van der Waals surface area contributed by atoms with Gasteiger partial charge in [0.2, 0.25) is 0 Å². The first-order valence-corrected chi connectivity index (χ1v) is 8.26. The number of primary amides is 1. The van der Waals surface area contributed by atoms with Crippen LogP contribution in [0.25, 0.3) is 0 Å². The van der Waals surface area contributed by atoms with Gasteiger partial charge in [0.05, 0.1) is 12.7 Å². The first-order valence-electron chi connectivity index (χ1n) is 7.28. The summed E-state index contributed by atoms with van der Waals surface area (Å²) in [6.45, 7) is 2.18. The Kier molecular flexibility index (Phi) is 4.20. The minimum atomic E-state index is -0.956. The summed E-state index contributed by atoms with van der Waals surface area (Å²) in [7, 11) is 0. The molecule has 0 radical (unpaired) electrons. The maximum Gasteiger partial charge on any atom is 0.411 e. The fraction of sp³-hybridized carbons (Fsp3) is 0.467. The SMILES string of the molecule is C[C@H]1C[C@H]2CSC(OC(N)=O)=N[C@@]2(c2cc(N)ccc2F)CO1. The van der Waals surface area contributed by atoms with E-state index in [9.17, 15) is 9.18 Å². The molecule has 1 aromatic rings. The first kappa shape index (κ1) is 16.1. The lowest BCUT2D eigenvalue weighted by Crippen LogP contribution is -2.49. The van der Waals surface area contributed by atoms with E-state index in [0.717, 1.165) is 6.42 Å². The molecule has 0 bridgehead atoms. The Morgan fingerprint density at radius 2 is 2.35 bits per heavy atom. The minimum absolute atomic E-state index is 0.0489. The molecule has 1 aromatic carbocycles. The number of hydrogen-bond donors (Lipinski definition) is 2. The predicted molar refractivity (Wildman–Crippen MR) is 86.6 cm³/mol. The van der Waals surface area contributed by atoms with Gasteiger partial charge in [-0.3, -0.25) is 0 Å². The average Bonchev–Trinajstić information content (AvgIpc) is 2.49. The molecule has 2 heterocycles. The summed E-state index contributed by atoms with van der Waals surface area (Å²) in [4.78, 5) is 15.5. The van der Waals surface area contributed by atoms with Crippen molar-refractivity contribution in [2.24, 2.45) is 16.6 Å². The number of benzene rings is 1. The van der Waals surface area contributed by atoms with E-state index in [1.807, 2.05) is 6.92 Å². The average molecular weight is 339 g/mol. The lowest BCUT2D eigenvalue weighted by atomic mass is 9.75. The Hall–Kier alpha value is -1.80. The second-order valence-electron chi connectivity index (χ2n) is 5.83. The van der Waals surface area contributed by atoms with E-state index in [2.05, 4.69) is 4.99 Å². The molecule has 2 aliphatic rings. The first-order chi connectivity index (χ1) is 10.9. The molecular weight excluding hydrogens is 321 g/mol. The van der Waals surface area contributed by atoms with Crippen LogP contribution in [0.2, 0.25) is 0 Å². The van der Waals surface area contributed by atoms with Gasteiger partial charge < -0.3 is 20.9 Å². The highest BCUT2D eigenvalue weighted by atomic mass is 32.2. The second kappa shape index (κ2) is 6.01. The van der Waals surface area contributed by atoms with Crippen molar-refractivity contribution in [1.29, 1.82) is 0 Å². The molecule has 2 aliphatic heterocycles. The van der Waals surface area contributed by atoms with Crippen LogP contribution in [-0.4, -0.2) is 29.8 Å². The lowest BCUT2D eigenvalue weighted by molar-refractivity contribution is -0.0482.